The number of piperidine rings is 2. The molecule has 0 spiro atoms. The summed E-state index contributed by atoms with van der Waals surface area (Å²) >= 11 is 23.3. The molecule has 4 aliphatic rings. The molecule has 2 aliphatic heterocycles. The number of anilines is 7. The Morgan fingerprint density at radius 1 is 0.512 bits per heavy atom. The third kappa shape index (κ3) is 43.9. The number of rotatable bonds is 10. The van der Waals surface area contributed by atoms with Crippen molar-refractivity contribution < 1.29 is 111 Å². The fourth-order valence-electron chi connectivity index (χ4n) is 11.2. The van der Waals surface area contributed by atoms with Crippen LogP contribution in [0.2, 0.25) is 0 Å². The molecule has 2 aliphatic carbocycles. The van der Waals surface area contributed by atoms with Crippen molar-refractivity contribution in [2.75, 3.05) is 64.6 Å². The Hall–Kier alpha value is -10.1. The average Bonchev–Trinajstić information content (AvgIpc) is 1.64. The number of nitrogens with two attached hydrogens (primary N) is 4. The van der Waals surface area contributed by atoms with E-state index in [0.29, 0.717) is 59.7 Å². The number of fused-ring (bicyclic) bond motifs is 2. The molecule has 13 rings (SSSR count). The standard InChI is InChI=1S/C21H27FN4O2.C13H24N2O2.C8H6BrFN2O3.C8H4BrFN2.C8H7BrFNO.C6H4BrFN2O2.C6H6BrFN2.C6H5BrFN.C2H3ClO.C2H2O2.CH4.Fe.HNO3/c1-21(2,3)28-20(27)25-15-10-14(13-4-5-13)11-26(12-15)17-7-6-16(22)18-19(17)24-9-8-23-18;1-13(2,3)17-12(16)15-11-6-10(7-14-8-11)9-4-5-9;1-4(13)11-7-5(9)2-3-6(10)8(7)12(14)15;9-5-1-2-6(10)8-7(5)11-3-4-12-8;1-5(12)11-8-4-6(10)2-3-7(8)9;7-3-1-2-4(8)6(5(3)9)10(11)12;7-3-1-2-4(8)6(10)5(3)9;7-5-2-1-4(8)3-6(5)9;1-2(3)4;3-1-2-4;;;2-1(3)4/h6-9,13-15H,4-5,10-12H2,1-3H3,(H,25,27);9-11,14H,4-8H2,1-3H3,(H,15,16);2-3H,1H3,(H,11,13);1-4H;2-4H,1H3,(H,11,12);1-2H,9H2;1-2H,9-10H2;1-3H,9H2;1H3;1-2H;1H4;;(H,2,3,4). The van der Waals surface area contributed by atoms with Crippen LogP contribution in [0.1, 0.15) is 108 Å². The molecule has 4 amide bonds. The van der Waals surface area contributed by atoms with Gasteiger partial charge in [0, 0.05) is 121 Å². The zero-order valence-electron chi connectivity index (χ0n) is 69.3. The largest absolute Gasteiger partial charge is 0.444 e. The Morgan fingerprint density at radius 3 is 1.35 bits per heavy atom. The van der Waals surface area contributed by atoms with Crippen LogP contribution in [0.5, 0.6) is 0 Å². The van der Waals surface area contributed by atoms with Gasteiger partial charge in [0.05, 0.1) is 38.6 Å². The summed E-state index contributed by atoms with van der Waals surface area (Å²) < 4.78 is 105. The number of hydrogen-bond donors (Lipinski definition) is 10. The molecule has 2 saturated heterocycles. The number of carbonyl (C=O) groups excluding carboxylic acids is 7. The summed E-state index contributed by atoms with van der Waals surface area (Å²) in [5, 5.41) is 48.2. The first-order valence-electron chi connectivity index (χ1n) is 37.3. The maximum Gasteiger partial charge on any atom is 0.407 e. The molecule has 9 aromatic rings. The van der Waals surface area contributed by atoms with Gasteiger partial charge in [-0.25, -0.2) is 41.5 Å². The van der Waals surface area contributed by atoms with Gasteiger partial charge >= 0.3 is 23.6 Å². The normalized spacial score (nSPS) is 14.8. The number of nitrogens with one attached hydrogen (secondary N) is 5. The number of nitrogens with zero attached hydrogens (tertiary/aromatic N) is 8. The number of alkyl carbamates (subject to hydrolysis) is 2. The smallest absolute Gasteiger partial charge is 0.407 e. The Bertz CT molecular complexity index is 5230. The molecular formula is C81H93Br6ClF7FeN17O16. The third-order valence-electron chi connectivity index (χ3n) is 16.6. The molecule has 4 heterocycles. The van der Waals surface area contributed by atoms with E-state index < -0.39 is 67.0 Å². The first kappa shape index (κ1) is 117. The number of nitro groups is 2. The van der Waals surface area contributed by atoms with Crippen molar-refractivity contribution in [2.24, 2.45) is 23.7 Å². The van der Waals surface area contributed by atoms with Gasteiger partial charge in [0.25, 0.3) is 5.09 Å². The second-order valence-corrected chi connectivity index (χ2v) is 34.7. The summed E-state index contributed by atoms with van der Waals surface area (Å²) in [6.45, 7) is 18.6. The Morgan fingerprint density at radius 2 is 0.907 bits per heavy atom. The maximum atomic E-state index is 14.2. The van der Waals surface area contributed by atoms with E-state index in [-0.39, 0.29) is 122 Å². The summed E-state index contributed by atoms with van der Waals surface area (Å²) in [5.74, 6) is -1.72. The van der Waals surface area contributed by atoms with Gasteiger partial charge in [0.15, 0.2) is 24.2 Å². The number of halogens is 14. The van der Waals surface area contributed by atoms with Crippen LogP contribution in [0.4, 0.5) is 91.5 Å². The van der Waals surface area contributed by atoms with Crippen molar-refractivity contribution in [3.63, 3.8) is 0 Å². The predicted molar refractivity (Wildman–Crippen MR) is 494 cm³/mol. The SMILES string of the molecule is C.CC(=O)Cl.CC(=O)Nc1c(Br)ccc(F)c1[N+](=O)[O-].CC(=O)Nc1cc(F)ccc1Br.CC(C)(C)OC(=O)NC1CC(C2CC2)CN(c2ccc(F)c3nccnc23)C1.CC(C)(C)OC(=O)NC1CNCC(C2CC2)C1.Fc1ccc(Br)c2nccnc12.Nc1c(Br)ccc(F)c1[N+](=O)[O-].Nc1c(F)ccc(Br)c1N.Nc1cc(F)ccc1Br.O=CC=O.O=[N+]([O-])O.[Fe]. The number of ether oxygens (including phenoxy) is 2. The van der Waals surface area contributed by atoms with Gasteiger partial charge in [-0.15, -0.1) is 10.1 Å². The average molecular weight is 2260 g/mol. The van der Waals surface area contributed by atoms with E-state index in [2.05, 4.69) is 159 Å². The molecule has 129 heavy (non-hydrogen) atoms. The van der Waals surface area contributed by atoms with Crippen LogP contribution < -0.4 is 54.4 Å². The number of carbonyl (C=O) groups is 7. The van der Waals surface area contributed by atoms with Crippen LogP contribution in [-0.2, 0) is 50.5 Å². The minimum absolute atomic E-state index is 0. The number of aldehydes is 2. The Labute approximate surface area is 802 Å². The summed E-state index contributed by atoms with van der Waals surface area (Å²) in [7, 11) is 0. The number of amides is 4. The Balaban J connectivity index is 0.000000739. The molecule has 0 bridgehead atoms. The molecule has 2 saturated carbocycles. The molecule has 7 aromatic carbocycles. The van der Waals surface area contributed by atoms with Crippen LogP contribution in [0, 0.1) is 94.7 Å². The number of nitrogen functional groups attached to an aromatic ring is 4. The van der Waals surface area contributed by atoms with Gasteiger partial charge in [-0.1, -0.05) is 7.43 Å². The molecule has 2 aromatic heterocycles. The zero-order valence-corrected chi connectivity index (χ0v) is 80.7. The van der Waals surface area contributed by atoms with Gasteiger partial charge in [-0.3, -0.25) is 54.2 Å². The monoisotopic (exact) mass is 2260 g/mol. The van der Waals surface area contributed by atoms with Crippen molar-refractivity contribution >= 4 is 222 Å². The minimum Gasteiger partial charge on any atom is -0.444 e. The molecule has 0 radical (unpaired) electrons. The van der Waals surface area contributed by atoms with Crippen molar-refractivity contribution in [1.29, 1.82) is 0 Å². The van der Waals surface area contributed by atoms with Crippen molar-refractivity contribution in [3.05, 3.63) is 220 Å². The van der Waals surface area contributed by atoms with E-state index in [9.17, 15) is 74.9 Å². The van der Waals surface area contributed by atoms with E-state index >= 15 is 0 Å². The fraction of sp³-hybridized carbons (Fsp3) is 0.346. The topological polar surface area (TPSA) is 507 Å². The number of hydrogen-bond acceptors (Lipinski definition) is 25. The molecule has 4 fully saturated rings. The van der Waals surface area contributed by atoms with Gasteiger partial charge < -0.3 is 69.1 Å². The molecule has 4 atom stereocenters. The Kier molecular flexibility index (Phi) is 51.8. The summed E-state index contributed by atoms with van der Waals surface area (Å²) in [4.78, 5) is 118. The molecule has 704 valence electrons. The number of benzene rings is 7. The predicted octanol–water partition coefficient (Wildman–Crippen LogP) is 19.8. The van der Waals surface area contributed by atoms with Crippen LogP contribution >= 0.6 is 107 Å². The van der Waals surface area contributed by atoms with Gasteiger partial charge in [-0.05, 0) is 315 Å². The summed E-state index contributed by atoms with van der Waals surface area (Å²) in [6, 6.07) is 22.0. The number of nitro benzene ring substituents is 2. The van der Waals surface area contributed by atoms with Crippen molar-refractivity contribution in [3.8, 4) is 0 Å². The van der Waals surface area contributed by atoms with E-state index in [4.69, 9.17) is 57.3 Å². The number of aromatic nitrogens is 4. The van der Waals surface area contributed by atoms with Crippen LogP contribution in [0.25, 0.3) is 22.1 Å². The van der Waals surface area contributed by atoms with E-state index in [0.717, 1.165) is 71.1 Å². The first-order chi connectivity index (χ1) is 59.3. The quantitative estimate of drug-likeness (QED) is 0.00888. The second kappa shape index (κ2) is 57.1. The second-order valence-electron chi connectivity index (χ2n) is 29.1. The van der Waals surface area contributed by atoms with E-state index in [1.165, 1.54) is 126 Å². The van der Waals surface area contributed by atoms with Crippen LogP contribution in [-0.4, -0.2) is 131 Å². The fourth-order valence-corrected chi connectivity index (χ4v) is 13.3. The summed E-state index contributed by atoms with van der Waals surface area (Å²) in [5.41, 5.74) is 22.1. The van der Waals surface area contributed by atoms with E-state index in [1.54, 1.807) is 30.5 Å². The molecule has 4 unspecified atom stereocenters. The molecule has 14 N–H and O–H groups in total. The summed E-state index contributed by atoms with van der Waals surface area (Å²) in [6.07, 6.45) is 13.0. The van der Waals surface area contributed by atoms with Crippen molar-refractivity contribution in [1.82, 2.24) is 35.9 Å². The van der Waals surface area contributed by atoms with Crippen LogP contribution in [0.3, 0.4) is 0 Å². The van der Waals surface area contributed by atoms with Crippen molar-refractivity contribution in [2.45, 2.75) is 132 Å². The van der Waals surface area contributed by atoms with Gasteiger partial charge in [0.1, 0.15) is 62.1 Å². The molecule has 48 heteroatoms. The van der Waals surface area contributed by atoms with Crippen LogP contribution in [0.15, 0.2) is 149 Å². The van der Waals surface area contributed by atoms with E-state index in [1.807, 2.05) is 41.5 Å². The third-order valence-corrected chi connectivity index (χ3v) is 20.7. The first-order valence-corrected chi connectivity index (χ1v) is 42.4. The maximum absolute atomic E-state index is 14.2. The van der Waals surface area contributed by atoms with Gasteiger partial charge in [0.2, 0.25) is 28.7 Å². The molecule has 33 nitrogen and oxygen atoms in total. The van der Waals surface area contributed by atoms with Gasteiger partial charge in [-0.2, -0.15) is 8.78 Å². The zero-order chi connectivity index (χ0) is 96.1. The minimum atomic E-state index is -1.50. The molecular weight excluding hydrogens is 2170 g/mol.